The molecule has 1 aromatic heterocycles. The summed E-state index contributed by atoms with van der Waals surface area (Å²) in [6.45, 7) is 2.03. The largest absolute Gasteiger partial charge is 0.330 e. The maximum atomic E-state index is 13.2. The SMILES string of the molecule is Cc1ccc(-n2c(=S)[nH]c3cc(F)ccc32)cc1Br. The zero-order chi connectivity index (χ0) is 13.6. The van der Waals surface area contributed by atoms with Crippen molar-refractivity contribution in [3.63, 3.8) is 0 Å². The lowest BCUT2D eigenvalue weighted by atomic mass is 10.2. The zero-order valence-corrected chi connectivity index (χ0v) is 12.5. The number of nitrogens with zero attached hydrogens (tertiary/aromatic N) is 1. The van der Waals surface area contributed by atoms with Crippen LogP contribution in [-0.2, 0) is 0 Å². The molecule has 0 aliphatic carbocycles. The van der Waals surface area contributed by atoms with Crippen molar-refractivity contribution in [1.29, 1.82) is 0 Å². The fraction of sp³-hybridized carbons (Fsp3) is 0.0714. The van der Waals surface area contributed by atoms with E-state index in [1.807, 2.05) is 29.7 Å². The number of nitrogens with one attached hydrogen (secondary N) is 1. The van der Waals surface area contributed by atoms with E-state index in [-0.39, 0.29) is 5.82 Å². The van der Waals surface area contributed by atoms with Crippen LogP contribution in [0.15, 0.2) is 40.9 Å². The normalized spacial score (nSPS) is 11.1. The summed E-state index contributed by atoms with van der Waals surface area (Å²) >= 11 is 8.84. The molecule has 0 aliphatic heterocycles. The van der Waals surface area contributed by atoms with E-state index in [9.17, 15) is 4.39 Å². The third kappa shape index (κ3) is 2.13. The minimum atomic E-state index is -0.277. The first kappa shape index (κ1) is 12.6. The first-order valence-corrected chi connectivity index (χ1v) is 6.93. The summed E-state index contributed by atoms with van der Waals surface area (Å²) in [5.74, 6) is -0.277. The molecule has 0 atom stereocenters. The van der Waals surface area contributed by atoms with E-state index in [1.54, 1.807) is 6.07 Å². The highest BCUT2D eigenvalue weighted by molar-refractivity contribution is 9.10. The minimum absolute atomic E-state index is 0.277. The lowest BCUT2D eigenvalue weighted by Crippen LogP contribution is -1.94. The third-order valence-corrected chi connectivity index (χ3v) is 4.20. The van der Waals surface area contributed by atoms with Gasteiger partial charge in [-0.15, -0.1) is 0 Å². The number of fused-ring (bicyclic) bond motifs is 1. The van der Waals surface area contributed by atoms with E-state index in [2.05, 4.69) is 20.9 Å². The molecule has 3 rings (SSSR count). The van der Waals surface area contributed by atoms with E-state index in [0.29, 0.717) is 10.3 Å². The van der Waals surface area contributed by atoms with Crippen LogP contribution in [0.1, 0.15) is 5.56 Å². The predicted molar refractivity (Wildman–Crippen MR) is 80.9 cm³/mol. The van der Waals surface area contributed by atoms with Crippen molar-refractivity contribution in [3.05, 3.63) is 57.0 Å². The van der Waals surface area contributed by atoms with Crippen LogP contribution in [0.2, 0.25) is 0 Å². The standard InChI is InChI=1S/C14H10BrFN2S/c1-8-2-4-10(7-11(8)15)18-13-5-3-9(16)6-12(13)17-14(18)19/h2-7H,1H3,(H,17,19). The van der Waals surface area contributed by atoms with Crippen LogP contribution in [0, 0.1) is 17.5 Å². The second kappa shape index (κ2) is 4.58. The Morgan fingerprint density at radius 3 is 2.74 bits per heavy atom. The fourth-order valence-corrected chi connectivity index (χ4v) is 2.74. The van der Waals surface area contributed by atoms with Crippen LogP contribution >= 0.6 is 28.1 Å². The van der Waals surface area contributed by atoms with Gasteiger partial charge in [-0.25, -0.2) is 4.39 Å². The molecule has 1 heterocycles. The van der Waals surface area contributed by atoms with Crippen LogP contribution in [0.3, 0.4) is 0 Å². The summed E-state index contributed by atoms with van der Waals surface area (Å²) in [7, 11) is 0. The monoisotopic (exact) mass is 336 g/mol. The maximum Gasteiger partial charge on any atom is 0.182 e. The Balaban J connectivity index is 2.32. The summed E-state index contributed by atoms with van der Waals surface area (Å²) in [5.41, 5.74) is 3.66. The number of halogens is 2. The molecule has 3 aromatic rings. The lowest BCUT2D eigenvalue weighted by molar-refractivity contribution is 0.629. The van der Waals surface area contributed by atoms with Gasteiger partial charge in [0.2, 0.25) is 0 Å². The van der Waals surface area contributed by atoms with Crippen molar-refractivity contribution >= 4 is 39.2 Å². The minimum Gasteiger partial charge on any atom is -0.330 e. The predicted octanol–water partition coefficient (Wildman–Crippen LogP) is 4.90. The van der Waals surface area contributed by atoms with Crippen molar-refractivity contribution in [3.8, 4) is 5.69 Å². The molecule has 1 N–H and O–H groups in total. The summed E-state index contributed by atoms with van der Waals surface area (Å²) in [6.07, 6.45) is 0. The molecule has 2 aromatic carbocycles. The molecule has 0 saturated carbocycles. The number of rotatable bonds is 1. The molecule has 0 radical (unpaired) electrons. The second-order valence-corrected chi connectivity index (χ2v) is 5.60. The molecule has 0 bridgehead atoms. The molecule has 0 aliphatic rings. The van der Waals surface area contributed by atoms with Gasteiger partial charge in [-0.2, -0.15) is 0 Å². The van der Waals surface area contributed by atoms with E-state index in [1.165, 1.54) is 12.1 Å². The summed E-state index contributed by atoms with van der Waals surface area (Å²) in [4.78, 5) is 3.02. The van der Waals surface area contributed by atoms with Gasteiger partial charge in [-0.3, -0.25) is 4.57 Å². The van der Waals surface area contributed by atoms with Crippen molar-refractivity contribution in [2.75, 3.05) is 0 Å². The average molecular weight is 337 g/mol. The molecule has 0 unspecified atom stereocenters. The molecule has 5 heteroatoms. The highest BCUT2D eigenvalue weighted by Gasteiger charge is 2.08. The Labute approximate surface area is 123 Å². The molecule has 2 nitrogen and oxygen atoms in total. The summed E-state index contributed by atoms with van der Waals surface area (Å²) in [5, 5.41) is 0. The number of imidazole rings is 1. The third-order valence-electron chi connectivity index (χ3n) is 3.06. The zero-order valence-electron chi connectivity index (χ0n) is 10.1. The molecule has 19 heavy (non-hydrogen) atoms. The second-order valence-electron chi connectivity index (χ2n) is 4.36. The number of aryl methyl sites for hydroxylation is 1. The Kier molecular flexibility index (Phi) is 3.03. The van der Waals surface area contributed by atoms with Crippen molar-refractivity contribution < 1.29 is 4.39 Å². The maximum absolute atomic E-state index is 13.2. The van der Waals surface area contributed by atoms with E-state index < -0.39 is 0 Å². The molecule has 0 saturated heterocycles. The molecule has 0 fully saturated rings. The molecule has 0 amide bonds. The van der Waals surface area contributed by atoms with E-state index in [0.717, 1.165) is 21.2 Å². The van der Waals surface area contributed by atoms with Crippen molar-refractivity contribution in [1.82, 2.24) is 9.55 Å². The molecular weight excluding hydrogens is 327 g/mol. The number of hydrogen-bond acceptors (Lipinski definition) is 1. The number of benzene rings is 2. The first-order chi connectivity index (χ1) is 9.06. The van der Waals surface area contributed by atoms with Gasteiger partial charge in [-0.1, -0.05) is 22.0 Å². The molecule has 0 spiro atoms. The quantitative estimate of drug-likeness (QED) is 0.627. The smallest absolute Gasteiger partial charge is 0.182 e. The first-order valence-electron chi connectivity index (χ1n) is 5.73. The van der Waals surface area contributed by atoms with Crippen LogP contribution in [0.25, 0.3) is 16.7 Å². The highest BCUT2D eigenvalue weighted by atomic mass is 79.9. The van der Waals surface area contributed by atoms with Gasteiger partial charge >= 0.3 is 0 Å². The number of hydrogen-bond donors (Lipinski definition) is 1. The Hall–Kier alpha value is -1.46. The number of aromatic amines is 1. The van der Waals surface area contributed by atoms with Crippen LogP contribution in [0.4, 0.5) is 4.39 Å². The molecular formula is C14H10BrFN2S. The van der Waals surface area contributed by atoms with Crippen LogP contribution < -0.4 is 0 Å². The van der Waals surface area contributed by atoms with Crippen molar-refractivity contribution in [2.45, 2.75) is 6.92 Å². The number of H-pyrrole nitrogens is 1. The van der Waals surface area contributed by atoms with Gasteiger partial charge in [-0.05, 0) is 55.0 Å². The Morgan fingerprint density at radius 2 is 2.00 bits per heavy atom. The fourth-order valence-electron chi connectivity index (χ4n) is 2.06. The van der Waals surface area contributed by atoms with Gasteiger partial charge in [0.1, 0.15) is 5.82 Å². The lowest BCUT2D eigenvalue weighted by Gasteiger charge is -2.06. The highest BCUT2D eigenvalue weighted by Crippen LogP contribution is 2.24. The van der Waals surface area contributed by atoms with Gasteiger partial charge in [0.25, 0.3) is 0 Å². The van der Waals surface area contributed by atoms with Gasteiger partial charge in [0.05, 0.1) is 11.0 Å². The average Bonchev–Trinajstić information content (AvgIpc) is 2.68. The van der Waals surface area contributed by atoms with Crippen molar-refractivity contribution in [2.24, 2.45) is 0 Å². The van der Waals surface area contributed by atoms with E-state index >= 15 is 0 Å². The molecule has 96 valence electrons. The summed E-state index contributed by atoms with van der Waals surface area (Å²) in [6, 6.07) is 10.6. The summed E-state index contributed by atoms with van der Waals surface area (Å²) < 4.78 is 16.7. The Bertz CT molecular complexity index is 835. The van der Waals surface area contributed by atoms with Gasteiger partial charge in [0.15, 0.2) is 4.77 Å². The van der Waals surface area contributed by atoms with Gasteiger partial charge < -0.3 is 4.98 Å². The Morgan fingerprint density at radius 1 is 1.21 bits per heavy atom. The van der Waals surface area contributed by atoms with Gasteiger partial charge in [0, 0.05) is 10.2 Å². The number of aromatic nitrogens is 2. The van der Waals surface area contributed by atoms with E-state index in [4.69, 9.17) is 12.2 Å². The van der Waals surface area contributed by atoms with Crippen LogP contribution in [-0.4, -0.2) is 9.55 Å². The van der Waals surface area contributed by atoms with Crippen LogP contribution in [0.5, 0.6) is 0 Å². The topological polar surface area (TPSA) is 20.7 Å².